The molecule has 0 N–H and O–H groups in total. The van der Waals surface area contributed by atoms with Crippen molar-refractivity contribution in [2.45, 2.75) is 45.2 Å². The predicted molar refractivity (Wildman–Crippen MR) is 80.6 cm³/mol. The molecule has 0 spiro atoms. The molecule has 1 fully saturated rings. The molecule has 0 saturated carbocycles. The van der Waals surface area contributed by atoms with E-state index in [1.165, 1.54) is 12.1 Å². The number of rotatable bonds is 4. The van der Waals surface area contributed by atoms with E-state index >= 15 is 0 Å². The highest BCUT2D eigenvalue weighted by Gasteiger charge is 2.29. The Labute approximate surface area is 126 Å². The first-order valence-corrected chi connectivity index (χ1v) is 8.12. The molecule has 3 rings (SSSR count). The highest BCUT2D eigenvalue weighted by molar-refractivity contribution is 5.77. The van der Waals surface area contributed by atoms with Gasteiger partial charge in [0.2, 0.25) is 5.91 Å². The summed E-state index contributed by atoms with van der Waals surface area (Å²) in [4.78, 5) is 20.2. The molecule has 0 aliphatic carbocycles. The topological polar surface area (TPSA) is 37.7 Å². The minimum absolute atomic E-state index is 0.225. The van der Waals surface area contributed by atoms with E-state index in [1.54, 1.807) is 0 Å². The fraction of sp³-hybridized carbons (Fsp3) is 0.688. The number of aromatic nitrogens is 1. The lowest BCUT2D eigenvalue weighted by molar-refractivity contribution is -0.183. The van der Waals surface area contributed by atoms with Crippen molar-refractivity contribution >= 4 is 5.91 Å². The SMILES string of the molecule is CC[C@H]1c2cccn2CCN1C(=O)CCN1CCCCO1. The Hall–Kier alpha value is -1.33. The van der Waals surface area contributed by atoms with Crippen LogP contribution in [-0.2, 0) is 16.2 Å². The van der Waals surface area contributed by atoms with Gasteiger partial charge in [-0.1, -0.05) is 6.92 Å². The van der Waals surface area contributed by atoms with Gasteiger partial charge < -0.3 is 9.47 Å². The van der Waals surface area contributed by atoms with E-state index in [0.717, 1.165) is 39.1 Å². The Kier molecular flexibility index (Phi) is 4.60. The fourth-order valence-electron chi connectivity index (χ4n) is 3.38. The van der Waals surface area contributed by atoms with Crippen LogP contribution in [0.3, 0.4) is 0 Å². The standard InChI is InChI=1S/C16H25N3O2/c1-2-14-15-6-5-8-17(15)11-12-19(14)16(20)7-10-18-9-3-4-13-21-18/h5-6,8,14H,2-4,7,9-13H2,1H3/t14-/m0/s1. The van der Waals surface area contributed by atoms with Gasteiger partial charge in [-0.15, -0.1) is 0 Å². The summed E-state index contributed by atoms with van der Waals surface area (Å²) in [7, 11) is 0. The zero-order chi connectivity index (χ0) is 14.7. The van der Waals surface area contributed by atoms with E-state index in [2.05, 4.69) is 34.7 Å². The molecule has 0 bridgehead atoms. The van der Waals surface area contributed by atoms with Crippen LogP contribution in [-0.4, -0.2) is 46.7 Å². The Morgan fingerprint density at radius 3 is 3.00 bits per heavy atom. The number of carbonyl (C=O) groups is 1. The molecule has 0 unspecified atom stereocenters. The molecule has 116 valence electrons. The summed E-state index contributed by atoms with van der Waals surface area (Å²) < 4.78 is 2.27. The van der Waals surface area contributed by atoms with Gasteiger partial charge in [-0.3, -0.25) is 9.63 Å². The maximum Gasteiger partial charge on any atom is 0.224 e. The summed E-state index contributed by atoms with van der Waals surface area (Å²) in [6.45, 7) is 6.34. The van der Waals surface area contributed by atoms with Gasteiger partial charge in [-0.2, -0.15) is 5.06 Å². The third-order valence-corrected chi connectivity index (χ3v) is 4.52. The van der Waals surface area contributed by atoms with Crippen LogP contribution < -0.4 is 0 Å². The molecule has 2 aliphatic rings. The summed E-state index contributed by atoms with van der Waals surface area (Å²) in [6, 6.07) is 4.44. The second-order valence-electron chi connectivity index (χ2n) is 5.86. The van der Waals surface area contributed by atoms with Crippen LogP contribution in [0.15, 0.2) is 18.3 Å². The van der Waals surface area contributed by atoms with Crippen LogP contribution >= 0.6 is 0 Å². The molecular weight excluding hydrogens is 266 g/mol. The smallest absolute Gasteiger partial charge is 0.224 e. The summed E-state index contributed by atoms with van der Waals surface area (Å²) in [5.74, 6) is 0.253. The lowest BCUT2D eigenvalue weighted by Gasteiger charge is -2.37. The third kappa shape index (κ3) is 3.14. The van der Waals surface area contributed by atoms with Crippen molar-refractivity contribution < 1.29 is 9.63 Å². The molecule has 1 saturated heterocycles. The second-order valence-corrected chi connectivity index (χ2v) is 5.86. The highest BCUT2D eigenvalue weighted by Crippen LogP contribution is 2.29. The molecule has 3 heterocycles. The molecule has 21 heavy (non-hydrogen) atoms. The van der Waals surface area contributed by atoms with E-state index in [-0.39, 0.29) is 11.9 Å². The van der Waals surface area contributed by atoms with Crippen molar-refractivity contribution in [2.24, 2.45) is 0 Å². The zero-order valence-corrected chi connectivity index (χ0v) is 12.8. The van der Waals surface area contributed by atoms with Gasteiger partial charge in [-0.05, 0) is 31.4 Å². The van der Waals surface area contributed by atoms with E-state index in [4.69, 9.17) is 4.84 Å². The first-order valence-electron chi connectivity index (χ1n) is 8.12. The molecule has 5 heteroatoms. The molecule has 1 aromatic heterocycles. The van der Waals surface area contributed by atoms with Crippen LogP contribution in [0.25, 0.3) is 0 Å². The average molecular weight is 291 g/mol. The maximum atomic E-state index is 12.6. The van der Waals surface area contributed by atoms with Crippen molar-refractivity contribution in [1.82, 2.24) is 14.5 Å². The molecule has 1 aromatic rings. The molecular formula is C16H25N3O2. The van der Waals surface area contributed by atoms with Crippen LogP contribution in [0.2, 0.25) is 0 Å². The summed E-state index contributed by atoms with van der Waals surface area (Å²) in [5, 5.41) is 1.95. The van der Waals surface area contributed by atoms with Crippen LogP contribution in [0.1, 0.15) is 44.3 Å². The van der Waals surface area contributed by atoms with Gasteiger partial charge in [0.25, 0.3) is 0 Å². The van der Waals surface area contributed by atoms with E-state index in [9.17, 15) is 4.79 Å². The Morgan fingerprint density at radius 2 is 2.24 bits per heavy atom. The van der Waals surface area contributed by atoms with Crippen molar-refractivity contribution in [2.75, 3.05) is 26.2 Å². The quantitative estimate of drug-likeness (QED) is 0.853. The summed E-state index contributed by atoms with van der Waals surface area (Å²) in [6.07, 6.45) is 5.93. The molecule has 1 amide bonds. The lowest BCUT2D eigenvalue weighted by Crippen LogP contribution is -2.43. The zero-order valence-electron chi connectivity index (χ0n) is 12.8. The van der Waals surface area contributed by atoms with Crippen molar-refractivity contribution in [3.05, 3.63) is 24.0 Å². The first kappa shape index (κ1) is 14.6. The van der Waals surface area contributed by atoms with Gasteiger partial charge in [0.15, 0.2) is 0 Å². The third-order valence-electron chi connectivity index (χ3n) is 4.52. The van der Waals surface area contributed by atoms with Gasteiger partial charge in [0.05, 0.1) is 12.6 Å². The Bertz CT molecular complexity index is 480. The van der Waals surface area contributed by atoms with Crippen molar-refractivity contribution in [1.29, 1.82) is 0 Å². The normalized spacial score (nSPS) is 23.1. The monoisotopic (exact) mass is 291 g/mol. The number of carbonyl (C=O) groups excluding carboxylic acids is 1. The number of nitrogens with zero attached hydrogens (tertiary/aromatic N) is 3. The van der Waals surface area contributed by atoms with E-state index in [1.807, 2.05) is 5.06 Å². The lowest BCUT2D eigenvalue weighted by atomic mass is 10.1. The molecule has 2 aliphatic heterocycles. The fourth-order valence-corrected chi connectivity index (χ4v) is 3.38. The number of hydrogen-bond acceptors (Lipinski definition) is 3. The van der Waals surface area contributed by atoms with Crippen molar-refractivity contribution in [3.8, 4) is 0 Å². The highest BCUT2D eigenvalue weighted by atomic mass is 16.7. The minimum atomic E-state index is 0.225. The summed E-state index contributed by atoms with van der Waals surface area (Å²) >= 11 is 0. The van der Waals surface area contributed by atoms with E-state index < -0.39 is 0 Å². The minimum Gasteiger partial charge on any atom is -0.348 e. The number of hydrogen-bond donors (Lipinski definition) is 0. The predicted octanol–water partition coefficient (Wildman–Crippen LogP) is 2.20. The Balaban J connectivity index is 1.59. The largest absolute Gasteiger partial charge is 0.348 e. The van der Waals surface area contributed by atoms with Gasteiger partial charge in [0.1, 0.15) is 0 Å². The molecule has 5 nitrogen and oxygen atoms in total. The maximum absolute atomic E-state index is 12.6. The molecule has 1 atom stereocenters. The average Bonchev–Trinajstić information content (AvgIpc) is 3.01. The number of fused-ring (bicyclic) bond motifs is 1. The van der Waals surface area contributed by atoms with Crippen LogP contribution in [0, 0.1) is 0 Å². The molecule has 0 aromatic carbocycles. The molecule has 0 radical (unpaired) electrons. The van der Waals surface area contributed by atoms with Crippen LogP contribution in [0.5, 0.6) is 0 Å². The van der Waals surface area contributed by atoms with Gasteiger partial charge >= 0.3 is 0 Å². The number of hydroxylamine groups is 2. The Morgan fingerprint density at radius 1 is 1.33 bits per heavy atom. The summed E-state index contributed by atoms with van der Waals surface area (Å²) in [5.41, 5.74) is 1.27. The van der Waals surface area contributed by atoms with E-state index in [0.29, 0.717) is 13.0 Å². The van der Waals surface area contributed by atoms with Crippen LogP contribution in [0.4, 0.5) is 0 Å². The number of amides is 1. The first-order chi connectivity index (χ1) is 10.3. The van der Waals surface area contributed by atoms with Gasteiger partial charge in [-0.25, -0.2) is 0 Å². The van der Waals surface area contributed by atoms with Gasteiger partial charge in [0, 0.05) is 44.5 Å². The van der Waals surface area contributed by atoms with Crippen molar-refractivity contribution in [3.63, 3.8) is 0 Å². The second kappa shape index (κ2) is 6.62.